The van der Waals surface area contributed by atoms with Crippen LogP contribution in [0.4, 0.5) is 14.6 Å². The Hall–Kier alpha value is -1.01. The van der Waals surface area contributed by atoms with Gasteiger partial charge in [0.05, 0.1) is 5.56 Å². The molecule has 4 nitrogen and oxygen atoms in total. The van der Waals surface area contributed by atoms with E-state index in [4.69, 9.17) is 17.3 Å². The zero-order valence-corrected chi connectivity index (χ0v) is 9.59. The van der Waals surface area contributed by atoms with Gasteiger partial charge in [-0.15, -0.1) is 0 Å². The van der Waals surface area contributed by atoms with Crippen LogP contribution in [0.3, 0.4) is 0 Å². The number of hydrogen-bond acceptors (Lipinski definition) is 4. The molecular weight excluding hydrogens is 238 g/mol. The largest absolute Gasteiger partial charge is 0.362 e. The number of hydrogen-bond donors (Lipinski definition) is 1. The molecule has 88 valence electrons. The average molecular weight is 249 g/mol. The van der Waals surface area contributed by atoms with Crippen LogP contribution < -0.4 is 10.6 Å². The summed E-state index contributed by atoms with van der Waals surface area (Å²) in [5.41, 5.74) is 4.03. The molecule has 1 aliphatic carbocycles. The third-order valence-corrected chi connectivity index (χ3v) is 2.97. The fraction of sp³-hybridized carbons (Fsp3) is 0.556. The summed E-state index contributed by atoms with van der Waals surface area (Å²) < 4.78 is 26.5. The number of rotatable bonds is 2. The van der Waals surface area contributed by atoms with Crippen molar-refractivity contribution < 1.29 is 8.78 Å². The Morgan fingerprint density at radius 1 is 1.44 bits per heavy atom. The Labute approximate surface area is 96.4 Å². The summed E-state index contributed by atoms with van der Waals surface area (Å²) >= 11 is 5.83. The number of halogens is 3. The summed E-state index contributed by atoms with van der Waals surface area (Å²) in [4.78, 5) is 9.23. The number of aromatic nitrogens is 2. The Balaban J connectivity index is 2.57. The van der Waals surface area contributed by atoms with E-state index in [1.807, 2.05) is 0 Å². The van der Waals surface area contributed by atoms with Crippen LogP contribution in [0.25, 0.3) is 0 Å². The Kier molecular flexibility index (Phi) is 2.32. The highest BCUT2D eigenvalue weighted by Gasteiger charge is 2.71. The second-order valence-corrected chi connectivity index (χ2v) is 4.47. The van der Waals surface area contributed by atoms with Gasteiger partial charge in [-0.25, -0.2) is 18.7 Å². The van der Waals surface area contributed by atoms with Crippen LogP contribution in [-0.4, -0.2) is 30.0 Å². The van der Waals surface area contributed by atoms with Crippen molar-refractivity contribution in [1.29, 1.82) is 0 Å². The summed E-state index contributed by atoms with van der Waals surface area (Å²) in [6, 6.07) is 0. The molecule has 7 heteroatoms. The molecular formula is C9H11ClF2N4. The van der Waals surface area contributed by atoms with E-state index in [1.54, 1.807) is 19.0 Å². The normalized spacial score (nSPS) is 26.6. The molecule has 0 bridgehead atoms. The Bertz CT molecular complexity index is 438. The van der Waals surface area contributed by atoms with Crippen LogP contribution in [0, 0.1) is 0 Å². The molecule has 2 N–H and O–H groups in total. The molecule has 0 saturated heterocycles. The van der Waals surface area contributed by atoms with E-state index in [-0.39, 0.29) is 10.7 Å². The molecule has 1 aliphatic rings. The summed E-state index contributed by atoms with van der Waals surface area (Å²) in [7, 11) is 3.37. The van der Waals surface area contributed by atoms with Gasteiger partial charge in [-0.3, -0.25) is 0 Å². The Morgan fingerprint density at radius 3 is 2.44 bits per heavy atom. The average Bonchev–Trinajstić information content (AvgIpc) is 2.65. The van der Waals surface area contributed by atoms with Crippen LogP contribution in [-0.2, 0) is 5.54 Å². The van der Waals surface area contributed by atoms with Crippen molar-refractivity contribution in [2.45, 2.75) is 17.9 Å². The maximum Gasteiger partial charge on any atom is 0.272 e. The summed E-state index contributed by atoms with van der Waals surface area (Å²) in [6.07, 6.45) is 0.805. The maximum atomic E-state index is 13.2. The first kappa shape index (κ1) is 11.5. The third-order valence-electron chi connectivity index (χ3n) is 2.68. The van der Waals surface area contributed by atoms with Crippen LogP contribution in [0.15, 0.2) is 6.33 Å². The lowest BCUT2D eigenvalue weighted by Gasteiger charge is -2.20. The quantitative estimate of drug-likeness (QED) is 0.804. The molecule has 1 saturated carbocycles. The zero-order valence-electron chi connectivity index (χ0n) is 8.84. The van der Waals surface area contributed by atoms with Gasteiger partial charge in [0.2, 0.25) is 0 Å². The fourth-order valence-electron chi connectivity index (χ4n) is 1.66. The number of nitrogens with two attached hydrogens (primary N) is 1. The minimum atomic E-state index is -2.94. The van der Waals surface area contributed by atoms with E-state index in [1.165, 1.54) is 6.33 Å². The predicted octanol–water partition coefficient (Wildman–Crippen LogP) is 1.39. The van der Waals surface area contributed by atoms with Crippen LogP contribution in [0.2, 0.25) is 5.15 Å². The molecule has 1 aromatic heterocycles. The van der Waals surface area contributed by atoms with Crippen molar-refractivity contribution in [2.24, 2.45) is 5.73 Å². The van der Waals surface area contributed by atoms with Crippen LogP contribution in [0.5, 0.6) is 0 Å². The molecule has 2 rings (SSSR count). The first-order valence-electron chi connectivity index (χ1n) is 4.64. The molecule has 0 aromatic carbocycles. The Morgan fingerprint density at radius 2 is 2.00 bits per heavy atom. The van der Waals surface area contributed by atoms with Crippen LogP contribution in [0.1, 0.15) is 12.0 Å². The van der Waals surface area contributed by atoms with E-state index in [9.17, 15) is 8.78 Å². The lowest BCUT2D eigenvalue weighted by Crippen LogP contribution is -2.31. The second kappa shape index (κ2) is 3.24. The van der Waals surface area contributed by atoms with Gasteiger partial charge in [0, 0.05) is 20.5 Å². The zero-order chi connectivity index (χ0) is 12.1. The van der Waals surface area contributed by atoms with Gasteiger partial charge in [0.15, 0.2) is 0 Å². The molecule has 1 atom stereocenters. The van der Waals surface area contributed by atoms with Gasteiger partial charge < -0.3 is 10.6 Å². The van der Waals surface area contributed by atoms with Crippen molar-refractivity contribution in [3.63, 3.8) is 0 Å². The number of nitrogens with zero attached hydrogens (tertiary/aromatic N) is 3. The predicted molar refractivity (Wildman–Crippen MR) is 56.8 cm³/mol. The van der Waals surface area contributed by atoms with Crippen molar-refractivity contribution in [1.82, 2.24) is 9.97 Å². The molecule has 0 radical (unpaired) electrons. The fourth-order valence-corrected chi connectivity index (χ4v) is 1.95. The lowest BCUT2D eigenvalue weighted by molar-refractivity contribution is 0.0890. The van der Waals surface area contributed by atoms with Crippen LogP contribution >= 0.6 is 11.6 Å². The monoisotopic (exact) mass is 248 g/mol. The highest BCUT2D eigenvalue weighted by atomic mass is 35.5. The van der Waals surface area contributed by atoms with Crippen molar-refractivity contribution >= 4 is 17.4 Å². The molecule has 0 spiro atoms. The van der Waals surface area contributed by atoms with Crippen molar-refractivity contribution in [2.75, 3.05) is 19.0 Å². The van der Waals surface area contributed by atoms with Gasteiger partial charge in [-0.05, 0) is 0 Å². The topological polar surface area (TPSA) is 55.0 Å². The minimum absolute atomic E-state index is 0.0154. The number of alkyl halides is 2. The first-order valence-corrected chi connectivity index (χ1v) is 5.02. The van der Waals surface area contributed by atoms with E-state index < -0.39 is 17.9 Å². The molecule has 0 amide bonds. The van der Waals surface area contributed by atoms with E-state index in [0.29, 0.717) is 5.82 Å². The summed E-state index contributed by atoms with van der Waals surface area (Å²) in [5.74, 6) is -2.61. The molecule has 0 aliphatic heterocycles. The molecule has 1 unspecified atom stereocenters. The minimum Gasteiger partial charge on any atom is -0.362 e. The highest BCUT2D eigenvalue weighted by molar-refractivity contribution is 6.30. The summed E-state index contributed by atoms with van der Waals surface area (Å²) in [6.45, 7) is 0. The highest BCUT2D eigenvalue weighted by Crippen LogP contribution is 2.60. The van der Waals surface area contributed by atoms with E-state index in [2.05, 4.69) is 9.97 Å². The summed E-state index contributed by atoms with van der Waals surface area (Å²) in [5, 5.41) is -0.0154. The van der Waals surface area contributed by atoms with E-state index >= 15 is 0 Å². The molecule has 1 aromatic rings. The smallest absolute Gasteiger partial charge is 0.272 e. The van der Waals surface area contributed by atoms with Gasteiger partial charge in [-0.2, -0.15) is 0 Å². The van der Waals surface area contributed by atoms with E-state index in [0.717, 1.165) is 0 Å². The SMILES string of the molecule is CN(C)c1ncnc(Cl)c1C1(N)CC1(F)F. The number of anilines is 1. The molecule has 16 heavy (non-hydrogen) atoms. The second-order valence-electron chi connectivity index (χ2n) is 4.11. The van der Waals surface area contributed by atoms with Gasteiger partial charge >= 0.3 is 0 Å². The van der Waals surface area contributed by atoms with Gasteiger partial charge in [-0.1, -0.05) is 11.6 Å². The lowest BCUT2D eigenvalue weighted by atomic mass is 10.1. The molecule has 1 fully saturated rings. The van der Waals surface area contributed by atoms with Crippen molar-refractivity contribution in [3.8, 4) is 0 Å². The third kappa shape index (κ3) is 1.44. The van der Waals surface area contributed by atoms with Crippen molar-refractivity contribution in [3.05, 3.63) is 17.0 Å². The van der Waals surface area contributed by atoms with Gasteiger partial charge in [0.1, 0.15) is 22.8 Å². The maximum absolute atomic E-state index is 13.2. The first-order chi connectivity index (χ1) is 7.29. The molecule has 1 heterocycles. The van der Waals surface area contributed by atoms with Gasteiger partial charge in [0.25, 0.3) is 5.92 Å². The standard InChI is InChI=1S/C9H11ClF2N4/c1-16(2)7-5(6(10)14-4-15-7)8(13)3-9(8,11)12/h4H,3,13H2,1-2H3.